The topological polar surface area (TPSA) is 116 Å². The lowest BCUT2D eigenvalue weighted by atomic mass is 9.98. The molecule has 1 fully saturated rings. The van der Waals surface area contributed by atoms with Crippen molar-refractivity contribution in [2.45, 2.75) is 56.8 Å². The molecule has 2 atom stereocenters. The summed E-state index contributed by atoms with van der Waals surface area (Å²) in [6.07, 6.45) is 3.02. The van der Waals surface area contributed by atoms with Gasteiger partial charge >= 0.3 is 18.7 Å². The number of halogens is 4. The molecule has 0 radical (unpaired) electrons. The first-order valence-electron chi connectivity index (χ1n) is 16.6. The standard InChI is InChI=1S/C38H36Cl2F2N2O7/c39-30-18-43-19-31(40)28(30)17-34(23-13-14-33(51-37(41)42)35(16-23)48-20-22-11-12-22)50-36(46)32(10-5-15-45)44-38(47)49-21-29-26-8-3-1-6-24(26)25-7-2-4-9-27(25)29/h1-4,6-9,13-14,16,18-19,22,29,32,34,37,45H,5,10-12,15,17,20-21H2,(H,44,47)/t32-,34+/m1/s1. The number of carbonyl (C=O) groups excluding carboxylic acids is 2. The number of alkyl halides is 2. The highest BCUT2D eigenvalue weighted by Gasteiger charge is 2.32. The van der Waals surface area contributed by atoms with E-state index in [1.54, 1.807) is 0 Å². The van der Waals surface area contributed by atoms with Gasteiger partial charge in [0.05, 0.1) is 16.7 Å². The zero-order valence-electron chi connectivity index (χ0n) is 27.4. The van der Waals surface area contributed by atoms with Crippen LogP contribution in [-0.4, -0.2) is 54.6 Å². The molecule has 268 valence electrons. The molecule has 2 N–H and O–H groups in total. The number of esters is 1. The molecule has 3 aromatic carbocycles. The van der Waals surface area contributed by atoms with Crippen LogP contribution in [0.3, 0.4) is 0 Å². The summed E-state index contributed by atoms with van der Waals surface area (Å²) in [5.74, 6) is -0.818. The van der Waals surface area contributed by atoms with Crippen molar-refractivity contribution in [1.82, 2.24) is 10.3 Å². The quantitative estimate of drug-likeness (QED) is 0.110. The Balaban J connectivity index is 1.21. The Labute approximate surface area is 303 Å². The molecule has 0 aliphatic heterocycles. The summed E-state index contributed by atoms with van der Waals surface area (Å²) < 4.78 is 48.7. The first kappa shape index (κ1) is 36.3. The lowest BCUT2D eigenvalue weighted by Gasteiger charge is -2.24. The average Bonchev–Trinajstić information content (AvgIpc) is 3.90. The smallest absolute Gasteiger partial charge is 0.407 e. The molecule has 1 saturated carbocycles. The largest absolute Gasteiger partial charge is 0.489 e. The van der Waals surface area contributed by atoms with Gasteiger partial charge in [0.1, 0.15) is 18.8 Å². The van der Waals surface area contributed by atoms with Gasteiger partial charge in [-0.2, -0.15) is 8.78 Å². The number of nitrogens with zero attached hydrogens (tertiary/aromatic N) is 1. The van der Waals surface area contributed by atoms with E-state index < -0.39 is 30.8 Å². The molecule has 0 spiro atoms. The van der Waals surface area contributed by atoms with Crippen LogP contribution in [0.4, 0.5) is 13.6 Å². The van der Waals surface area contributed by atoms with Crippen molar-refractivity contribution in [2.75, 3.05) is 19.8 Å². The molecule has 51 heavy (non-hydrogen) atoms. The molecule has 9 nitrogen and oxygen atoms in total. The Hall–Kier alpha value is -4.45. The van der Waals surface area contributed by atoms with E-state index in [-0.39, 0.29) is 59.9 Å². The zero-order chi connectivity index (χ0) is 35.9. The van der Waals surface area contributed by atoms with E-state index in [0.717, 1.165) is 35.1 Å². The second-order valence-electron chi connectivity index (χ2n) is 12.4. The van der Waals surface area contributed by atoms with Crippen molar-refractivity contribution in [3.8, 4) is 22.6 Å². The van der Waals surface area contributed by atoms with E-state index in [1.165, 1.54) is 30.6 Å². The fraction of sp³-hybridized carbons (Fsp3) is 0.342. The number of ether oxygens (including phenoxy) is 4. The van der Waals surface area contributed by atoms with Crippen LogP contribution >= 0.6 is 23.2 Å². The van der Waals surface area contributed by atoms with Crippen LogP contribution in [0.2, 0.25) is 10.0 Å². The molecule has 1 amide bonds. The minimum absolute atomic E-state index is 0.0271. The zero-order valence-corrected chi connectivity index (χ0v) is 28.9. The van der Waals surface area contributed by atoms with Gasteiger partial charge in [0.25, 0.3) is 0 Å². The van der Waals surface area contributed by atoms with E-state index in [9.17, 15) is 23.5 Å². The monoisotopic (exact) mass is 740 g/mol. The molecule has 1 heterocycles. The predicted molar refractivity (Wildman–Crippen MR) is 186 cm³/mol. The number of hydrogen-bond acceptors (Lipinski definition) is 8. The summed E-state index contributed by atoms with van der Waals surface area (Å²) >= 11 is 12.9. The maximum Gasteiger partial charge on any atom is 0.407 e. The third-order valence-electron chi connectivity index (χ3n) is 8.90. The van der Waals surface area contributed by atoms with Gasteiger partial charge in [0.15, 0.2) is 11.5 Å². The molecule has 2 aliphatic rings. The number of aliphatic hydroxyl groups excluding tert-OH is 1. The lowest BCUT2D eigenvalue weighted by Crippen LogP contribution is -2.43. The van der Waals surface area contributed by atoms with Crippen molar-refractivity contribution < 1.29 is 42.4 Å². The fourth-order valence-corrected chi connectivity index (χ4v) is 6.64. The second kappa shape index (κ2) is 16.7. The van der Waals surface area contributed by atoms with Gasteiger partial charge in [0, 0.05) is 31.3 Å². The lowest BCUT2D eigenvalue weighted by molar-refractivity contribution is -0.152. The van der Waals surface area contributed by atoms with Crippen LogP contribution in [0.1, 0.15) is 60.0 Å². The maximum absolute atomic E-state index is 13.8. The van der Waals surface area contributed by atoms with Gasteiger partial charge in [-0.15, -0.1) is 0 Å². The Kier molecular flexibility index (Phi) is 11.9. The number of amides is 1. The van der Waals surface area contributed by atoms with Crippen molar-refractivity contribution in [1.29, 1.82) is 0 Å². The molecule has 0 bridgehead atoms. The number of nitrogens with one attached hydrogen (secondary N) is 1. The highest BCUT2D eigenvalue weighted by atomic mass is 35.5. The molecule has 2 aliphatic carbocycles. The van der Waals surface area contributed by atoms with Gasteiger partial charge in [-0.25, -0.2) is 9.59 Å². The molecule has 0 unspecified atom stereocenters. The summed E-state index contributed by atoms with van der Waals surface area (Å²) in [6, 6.07) is 18.9. The van der Waals surface area contributed by atoms with E-state index >= 15 is 0 Å². The second-order valence-corrected chi connectivity index (χ2v) is 13.3. The maximum atomic E-state index is 13.8. The Morgan fingerprint density at radius 3 is 2.22 bits per heavy atom. The molecule has 13 heteroatoms. The fourth-order valence-electron chi connectivity index (χ4n) is 6.12. The van der Waals surface area contributed by atoms with Crippen LogP contribution < -0.4 is 14.8 Å². The minimum atomic E-state index is -3.08. The van der Waals surface area contributed by atoms with E-state index in [0.29, 0.717) is 23.7 Å². The third kappa shape index (κ3) is 9.08. The third-order valence-corrected chi connectivity index (χ3v) is 9.55. The first-order valence-corrected chi connectivity index (χ1v) is 17.4. The van der Waals surface area contributed by atoms with Gasteiger partial charge < -0.3 is 29.4 Å². The number of benzene rings is 3. The highest BCUT2D eigenvalue weighted by Crippen LogP contribution is 2.44. The molecule has 1 aromatic heterocycles. The van der Waals surface area contributed by atoms with Crippen molar-refractivity contribution in [2.24, 2.45) is 5.92 Å². The van der Waals surface area contributed by atoms with Crippen molar-refractivity contribution in [3.05, 3.63) is 111 Å². The average molecular weight is 742 g/mol. The number of carbonyl (C=O) groups is 2. The number of alkyl carbamates (subject to hydrolysis) is 1. The van der Waals surface area contributed by atoms with Crippen molar-refractivity contribution in [3.63, 3.8) is 0 Å². The van der Waals surface area contributed by atoms with Crippen LogP contribution in [-0.2, 0) is 20.7 Å². The van der Waals surface area contributed by atoms with Crippen LogP contribution in [0, 0.1) is 5.92 Å². The van der Waals surface area contributed by atoms with Crippen LogP contribution in [0.5, 0.6) is 11.5 Å². The highest BCUT2D eigenvalue weighted by molar-refractivity contribution is 6.35. The number of hydrogen-bond donors (Lipinski definition) is 2. The van der Waals surface area contributed by atoms with Crippen molar-refractivity contribution >= 4 is 35.3 Å². The summed E-state index contributed by atoms with van der Waals surface area (Å²) in [7, 11) is 0. The number of aliphatic hydroxyl groups is 1. The van der Waals surface area contributed by atoms with Gasteiger partial charge in [-0.05, 0) is 77.1 Å². The molecular weight excluding hydrogens is 705 g/mol. The minimum Gasteiger partial charge on any atom is -0.489 e. The van der Waals surface area contributed by atoms with E-state index in [4.69, 9.17) is 42.1 Å². The molecular formula is C38H36Cl2F2N2O7. The van der Waals surface area contributed by atoms with Gasteiger partial charge in [-0.1, -0.05) is 77.8 Å². The summed E-state index contributed by atoms with van der Waals surface area (Å²) in [6.45, 7) is -2.99. The van der Waals surface area contributed by atoms with Crippen LogP contribution in [0.15, 0.2) is 79.1 Å². The summed E-state index contributed by atoms with van der Waals surface area (Å²) in [5.41, 5.74) is 5.01. The van der Waals surface area contributed by atoms with Gasteiger partial charge in [0.2, 0.25) is 0 Å². The Morgan fingerprint density at radius 1 is 0.922 bits per heavy atom. The van der Waals surface area contributed by atoms with E-state index in [2.05, 4.69) is 10.3 Å². The normalized spacial score (nSPS) is 14.7. The van der Waals surface area contributed by atoms with Gasteiger partial charge in [-0.3, -0.25) is 4.98 Å². The predicted octanol–water partition coefficient (Wildman–Crippen LogP) is 8.29. The summed E-state index contributed by atoms with van der Waals surface area (Å²) in [5, 5.41) is 12.6. The number of pyridine rings is 1. The molecule has 6 rings (SSSR count). The van der Waals surface area contributed by atoms with E-state index in [1.807, 2.05) is 48.5 Å². The Morgan fingerprint density at radius 2 is 1.59 bits per heavy atom. The van der Waals surface area contributed by atoms with Crippen LogP contribution in [0.25, 0.3) is 11.1 Å². The first-order chi connectivity index (χ1) is 24.7. The summed E-state index contributed by atoms with van der Waals surface area (Å²) in [4.78, 5) is 31.0. The number of fused-ring (bicyclic) bond motifs is 3. The number of rotatable bonds is 16. The Bertz CT molecular complexity index is 1790. The molecule has 0 saturated heterocycles. The number of aromatic nitrogens is 1. The SMILES string of the molecule is O=C(N[C@H](CCCO)C(=O)O[C@@H](Cc1c(Cl)cncc1Cl)c1ccc(OC(F)F)c(OCC2CC2)c1)OCC1c2ccccc2-c2ccccc21. The molecule has 4 aromatic rings.